The molecule has 0 heterocycles. The first-order chi connectivity index (χ1) is 9.48. The zero-order chi connectivity index (χ0) is 16.1. The van der Waals surface area contributed by atoms with Crippen LogP contribution in [0.3, 0.4) is 0 Å². The third kappa shape index (κ3) is 2.28. The number of benzene rings is 2. The van der Waals surface area contributed by atoms with Gasteiger partial charge in [-0.2, -0.15) is 30.7 Å². The van der Waals surface area contributed by atoms with Crippen molar-refractivity contribution in [2.45, 2.75) is 18.0 Å². The van der Waals surface area contributed by atoms with Crippen LogP contribution in [-0.2, 0) is 11.0 Å². The first-order valence-corrected chi connectivity index (χ1v) is 5.51. The topological polar surface area (TPSA) is 19.9 Å². The Hall–Kier alpha value is -1.99. The summed E-state index contributed by atoms with van der Waals surface area (Å²) in [6.07, 6.45) is -6.41. The number of fused-ring (bicyclic) bond motifs is 1. The van der Waals surface area contributed by atoms with Crippen molar-refractivity contribution in [1.82, 2.24) is 0 Å². The second kappa shape index (κ2) is 4.51. The van der Waals surface area contributed by atoms with Gasteiger partial charge in [0.2, 0.25) is 0 Å². The van der Waals surface area contributed by atoms with Crippen molar-refractivity contribution in [2.75, 3.05) is 0 Å². The van der Waals surface area contributed by atoms with E-state index in [1.54, 1.807) is 0 Å². The minimum Gasteiger partial charge on any atom is -0.289 e. The Bertz CT molecular complexity index is 676. The molecule has 0 saturated heterocycles. The van der Waals surface area contributed by atoms with E-state index in [1.165, 1.54) is 12.1 Å². The lowest BCUT2D eigenvalue weighted by molar-refractivity contribution is -0.359. The monoisotopic (exact) mass is 311 g/mol. The van der Waals surface area contributed by atoms with Crippen molar-refractivity contribution < 1.29 is 35.8 Å². The molecule has 2 rings (SSSR count). The second-order valence-electron chi connectivity index (χ2n) is 4.34. The summed E-state index contributed by atoms with van der Waals surface area (Å²) in [6.45, 7) is 0. The molecular formula is C13H6F7O. The van der Waals surface area contributed by atoms with Crippen molar-refractivity contribution in [1.29, 1.82) is 0 Å². The quantitative estimate of drug-likeness (QED) is 0.673. The normalized spacial score (nSPS) is 13.7. The average molecular weight is 311 g/mol. The third-order valence-corrected chi connectivity index (χ3v) is 2.96. The van der Waals surface area contributed by atoms with E-state index < -0.39 is 29.3 Å². The molecule has 0 atom stereocenters. The minimum atomic E-state index is -6.41. The largest absolute Gasteiger partial charge is 0.460 e. The smallest absolute Gasteiger partial charge is 0.289 e. The van der Waals surface area contributed by atoms with E-state index in [1.807, 2.05) is 0 Å². The summed E-state index contributed by atoms with van der Waals surface area (Å²) in [5.74, 6) is -12.5. The van der Waals surface area contributed by atoms with Crippen LogP contribution in [0.4, 0.5) is 30.7 Å². The highest BCUT2D eigenvalue weighted by atomic mass is 19.4. The van der Waals surface area contributed by atoms with E-state index in [0.717, 1.165) is 12.1 Å². The zero-order valence-electron chi connectivity index (χ0n) is 10.0. The maximum atomic E-state index is 13.5. The molecule has 113 valence electrons. The molecule has 0 N–H and O–H groups in total. The van der Waals surface area contributed by atoms with Crippen LogP contribution in [-0.4, -0.2) is 12.1 Å². The van der Waals surface area contributed by atoms with Crippen LogP contribution in [0.2, 0.25) is 0 Å². The van der Waals surface area contributed by atoms with Crippen LogP contribution in [0.25, 0.3) is 10.8 Å². The Labute approximate surface area is 113 Å². The molecule has 0 bridgehead atoms. The predicted octanol–water partition coefficient (Wildman–Crippen LogP) is 5.27. The van der Waals surface area contributed by atoms with Crippen molar-refractivity contribution >= 4 is 10.8 Å². The molecule has 0 spiro atoms. The number of hydrogen-bond acceptors (Lipinski definition) is 0. The standard InChI is InChI=1S/C13H6F7O/c14-11(15,12(16,17)13(18,19)20)8-5-4-7-2-1-3-10(21)9(7)6-8/h1-6H. The Morgan fingerprint density at radius 2 is 1.43 bits per heavy atom. The summed E-state index contributed by atoms with van der Waals surface area (Å²) in [5, 5.41) is 11.3. The summed E-state index contributed by atoms with van der Waals surface area (Å²) in [6, 6.07) is 5.35. The third-order valence-electron chi connectivity index (χ3n) is 2.96. The fraction of sp³-hybridized carbons (Fsp3) is 0.231. The molecule has 2 aromatic rings. The van der Waals surface area contributed by atoms with Crippen LogP contribution in [0.15, 0.2) is 36.4 Å². The van der Waals surface area contributed by atoms with Gasteiger partial charge in [0.1, 0.15) is 0 Å². The van der Waals surface area contributed by atoms with Crippen LogP contribution < -0.4 is 0 Å². The number of rotatable bonds is 2. The van der Waals surface area contributed by atoms with Crippen molar-refractivity contribution in [3.8, 4) is 5.75 Å². The highest BCUT2D eigenvalue weighted by Crippen LogP contribution is 2.52. The Kier molecular flexibility index (Phi) is 3.30. The second-order valence-corrected chi connectivity index (χ2v) is 4.34. The minimum absolute atomic E-state index is 0.164. The van der Waals surface area contributed by atoms with Gasteiger partial charge in [-0.3, -0.25) is 5.11 Å². The van der Waals surface area contributed by atoms with Gasteiger partial charge in [0.05, 0.1) is 0 Å². The Morgan fingerprint density at radius 3 is 2.00 bits per heavy atom. The molecule has 0 aliphatic rings. The lowest BCUT2D eigenvalue weighted by Crippen LogP contribution is -2.50. The van der Waals surface area contributed by atoms with Crippen molar-refractivity contribution in [3.63, 3.8) is 0 Å². The first kappa shape index (κ1) is 15.4. The van der Waals surface area contributed by atoms with Crippen LogP contribution in [0.5, 0.6) is 5.75 Å². The number of alkyl halides is 7. The highest BCUT2D eigenvalue weighted by molar-refractivity contribution is 5.88. The van der Waals surface area contributed by atoms with Gasteiger partial charge in [-0.15, -0.1) is 0 Å². The molecule has 0 amide bonds. The molecule has 1 nitrogen and oxygen atoms in total. The Balaban J connectivity index is 2.63. The van der Waals surface area contributed by atoms with E-state index in [-0.39, 0.29) is 10.8 Å². The lowest BCUT2D eigenvalue weighted by Gasteiger charge is -2.28. The molecule has 2 aromatic carbocycles. The molecule has 0 saturated carbocycles. The molecule has 21 heavy (non-hydrogen) atoms. The summed E-state index contributed by atoms with van der Waals surface area (Å²) >= 11 is 0. The van der Waals surface area contributed by atoms with Gasteiger partial charge in [0, 0.05) is 10.9 Å². The fourth-order valence-electron chi connectivity index (χ4n) is 1.80. The maximum absolute atomic E-state index is 13.5. The van der Waals surface area contributed by atoms with E-state index in [4.69, 9.17) is 0 Å². The highest BCUT2D eigenvalue weighted by Gasteiger charge is 2.73. The summed E-state index contributed by atoms with van der Waals surface area (Å²) < 4.78 is 89.3. The predicted molar refractivity (Wildman–Crippen MR) is 59.0 cm³/mol. The van der Waals surface area contributed by atoms with Gasteiger partial charge < -0.3 is 0 Å². The molecule has 8 heteroatoms. The van der Waals surface area contributed by atoms with Crippen LogP contribution in [0.1, 0.15) is 5.56 Å². The SMILES string of the molecule is [O]c1cccc2ccc(C(F)(F)C(F)(F)C(F)(F)F)cc12. The average Bonchev–Trinajstić information content (AvgIpc) is 2.37. The summed E-state index contributed by atoms with van der Waals surface area (Å²) in [5.41, 5.74) is -1.57. The van der Waals surface area contributed by atoms with Crippen LogP contribution in [0, 0.1) is 0 Å². The molecule has 0 fully saturated rings. The van der Waals surface area contributed by atoms with E-state index in [9.17, 15) is 35.8 Å². The van der Waals surface area contributed by atoms with Crippen LogP contribution >= 0.6 is 0 Å². The Morgan fingerprint density at radius 1 is 0.810 bits per heavy atom. The van der Waals surface area contributed by atoms with Gasteiger partial charge >= 0.3 is 18.0 Å². The van der Waals surface area contributed by atoms with Gasteiger partial charge in [-0.05, 0) is 17.5 Å². The molecule has 1 radical (unpaired) electrons. The number of halogens is 7. The van der Waals surface area contributed by atoms with Crippen molar-refractivity contribution in [2.24, 2.45) is 0 Å². The summed E-state index contributed by atoms with van der Waals surface area (Å²) in [7, 11) is 0. The fourth-order valence-corrected chi connectivity index (χ4v) is 1.80. The zero-order valence-corrected chi connectivity index (χ0v) is 10.0. The molecule has 0 aliphatic heterocycles. The van der Waals surface area contributed by atoms with Gasteiger partial charge in [-0.25, -0.2) is 0 Å². The maximum Gasteiger partial charge on any atom is 0.460 e. The lowest BCUT2D eigenvalue weighted by atomic mass is 9.98. The van der Waals surface area contributed by atoms with E-state index in [2.05, 4.69) is 0 Å². The van der Waals surface area contributed by atoms with Crippen molar-refractivity contribution in [3.05, 3.63) is 42.0 Å². The first-order valence-electron chi connectivity index (χ1n) is 5.51. The molecular weight excluding hydrogens is 305 g/mol. The van der Waals surface area contributed by atoms with Gasteiger partial charge in [0.15, 0.2) is 5.75 Å². The number of hydrogen-bond donors (Lipinski definition) is 0. The van der Waals surface area contributed by atoms with Gasteiger partial charge in [-0.1, -0.05) is 24.3 Å². The summed E-state index contributed by atoms with van der Waals surface area (Å²) in [4.78, 5) is 0. The van der Waals surface area contributed by atoms with E-state index in [0.29, 0.717) is 12.1 Å². The van der Waals surface area contributed by atoms with E-state index >= 15 is 0 Å². The molecule has 0 aromatic heterocycles. The molecule has 0 unspecified atom stereocenters. The molecule has 0 aliphatic carbocycles. The van der Waals surface area contributed by atoms with Gasteiger partial charge in [0.25, 0.3) is 0 Å².